The fourth-order valence-electron chi connectivity index (χ4n) is 2.50. The van der Waals surface area contributed by atoms with Crippen molar-refractivity contribution in [3.8, 4) is 11.8 Å². The molecule has 0 radical (unpaired) electrons. The topological polar surface area (TPSA) is 88.1 Å². The Labute approximate surface area is 118 Å². The second kappa shape index (κ2) is 6.92. The van der Waals surface area contributed by atoms with Crippen LogP contribution >= 0.6 is 0 Å². The average molecular weight is 273 g/mol. The molecule has 20 heavy (non-hydrogen) atoms. The number of nitriles is 1. The fourth-order valence-corrected chi connectivity index (χ4v) is 2.50. The maximum Gasteiger partial charge on any atom is 0.229 e. The maximum atomic E-state index is 12.2. The highest BCUT2D eigenvalue weighted by molar-refractivity contribution is 5.93. The quantitative estimate of drug-likeness (QED) is 0.878. The van der Waals surface area contributed by atoms with Gasteiger partial charge in [-0.1, -0.05) is 18.9 Å². The molecule has 1 aromatic rings. The largest absolute Gasteiger partial charge is 0.479 e. The number of carbonyl (C=O) groups is 1. The van der Waals surface area contributed by atoms with E-state index in [9.17, 15) is 4.79 Å². The summed E-state index contributed by atoms with van der Waals surface area (Å²) in [6.45, 7) is -0.00903. The van der Waals surface area contributed by atoms with E-state index in [2.05, 4.69) is 5.32 Å². The first-order valence-electron chi connectivity index (χ1n) is 6.87. The molecule has 1 fully saturated rings. The van der Waals surface area contributed by atoms with Crippen molar-refractivity contribution in [1.29, 1.82) is 5.26 Å². The Kier molecular flexibility index (Phi) is 4.97. The van der Waals surface area contributed by atoms with E-state index < -0.39 is 0 Å². The normalized spacial score (nSPS) is 21.8. The number of nitrogens with two attached hydrogens (primary N) is 1. The van der Waals surface area contributed by atoms with Crippen LogP contribution in [-0.4, -0.2) is 18.6 Å². The van der Waals surface area contributed by atoms with Gasteiger partial charge in [-0.2, -0.15) is 5.26 Å². The van der Waals surface area contributed by atoms with Crippen LogP contribution in [0, 0.1) is 17.2 Å². The summed E-state index contributed by atoms with van der Waals surface area (Å²) in [6.07, 6.45) is 3.90. The van der Waals surface area contributed by atoms with Gasteiger partial charge in [-0.05, 0) is 25.0 Å². The van der Waals surface area contributed by atoms with Gasteiger partial charge in [-0.15, -0.1) is 0 Å². The number of nitrogens with zero attached hydrogens (tertiary/aromatic N) is 1. The van der Waals surface area contributed by atoms with Crippen molar-refractivity contribution >= 4 is 11.6 Å². The Morgan fingerprint density at radius 1 is 1.45 bits per heavy atom. The van der Waals surface area contributed by atoms with Crippen LogP contribution in [0.2, 0.25) is 0 Å². The third-order valence-electron chi connectivity index (χ3n) is 3.56. The van der Waals surface area contributed by atoms with Gasteiger partial charge in [0.1, 0.15) is 11.8 Å². The van der Waals surface area contributed by atoms with E-state index in [4.69, 9.17) is 15.7 Å². The van der Waals surface area contributed by atoms with Gasteiger partial charge in [0.2, 0.25) is 5.91 Å². The Balaban J connectivity index is 1.98. The highest BCUT2D eigenvalue weighted by atomic mass is 16.5. The summed E-state index contributed by atoms with van der Waals surface area (Å²) >= 11 is 0. The van der Waals surface area contributed by atoms with Crippen LogP contribution in [0.25, 0.3) is 0 Å². The van der Waals surface area contributed by atoms with Crippen LogP contribution in [0.3, 0.4) is 0 Å². The van der Waals surface area contributed by atoms with Crippen LogP contribution < -0.4 is 15.8 Å². The van der Waals surface area contributed by atoms with Gasteiger partial charge in [-0.25, -0.2) is 0 Å². The molecule has 2 atom stereocenters. The molecule has 1 aromatic carbocycles. The molecule has 1 aliphatic rings. The number of ether oxygens (including phenoxy) is 1. The van der Waals surface area contributed by atoms with Crippen LogP contribution in [0.4, 0.5) is 5.69 Å². The Morgan fingerprint density at radius 3 is 3.00 bits per heavy atom. The Hall–Kier alpha value is -2.06. The highest BCUT2D eigenvalue weighted by Gasteiger charge is 2.28. The number of amides is 1. The third kappa shape index (κ3) is 3.72. The van der Waals surface area contributed by atoms with E-state index in [0.717, 1.165) is 25.7 Å². The van der Waals surface area contributed by atoms with Crippen LogP contribution in [0.1, 0.15) is 25.7 Å². The minimum atomic E-state index is -0.118. The Morgan fingerprint density at radius 2 is 2.25 bits per heavy atom. The first-order valence-corrected chi connectivity index (χ1v) is 6.87. The lowest BCUT2D eigenvalue weighted by Crippen LogP contribution is -2.40. The van der Waals surface area contributed by atoms with E-state index in [1.54, 1.807) is 24.3 Å². The summed E-state index contributed by atoms with van der Waals surface area (Å²) in [5.41, 5.74) is 6.68. The van der Waals surface area contributed by atoms with Crippen molar-refractivity contribution in [2.24, 2.45) is 11.7 Å². The molecule has 1 amide bonds. The molecule has 0 aromatic heterocycles. The molecule has 1 aliphatic carbocycles. The van der Waals surface area contributed by atoms with E-state index in [1.807, 2.05) is 6.07 Å². The van der Waals surface area contributed by atoms with Gasteiger partial charge in [0, 0.05) is 17.8 Å². The molecule has 0 saturated heterocycles. The molecular weight excluding hydrogens is 254 g/mol. The lowest BCUT2D eigenvalue weighted by Gasteiger charge is -2.27. The summed E-state index contributed by atoms with van der Waals surface area (Å²) in [5, 5.41) is 11.4. The van der Waals surface area contributed by atoms with Crippen LogP contribution in [0.5, 0.6) is 5.75 Å². The summed E-state index contributed by atoms with van der Waals surface area (Å²) < 4.78 is 5.21. The average Bonchev–Trinajstić information content (AvgIpc) is 2.46. The number of benzene rings is 1. The molecule has 0 heterocycles. The van der Waals surface area contributed by atoms with Crippen molar-refractivity contribution in [1.82, 2.24) is 0 Å². The lowest BCUT2D eigenvalue weighted by molar-refractivity contribution is -0.121. The number of hydrogen-bond donors (Lipinski definition) is 2. The molecular formula is C15H19N3O2. The molecule has 2 unspecified atom stereocenters. The van der Waals surface area contributed by atoms with Gasteiger partial charge in [0.15, 0.2) is 6.61 Å². The van der Waals surface area contributed by atoms with E-state index >= 15 is 0 Å². The van der Waals surface area contributed by atoms with Crippen molar-refractivity contribution in [3.63, 3.8) is 0 Å². The van der Waals surface area contributed by atoms with Crippen molar-refractivity contribution in [3.05, 3.63) is 24.3 Å². The monoisotopic (exact) mass is 273 g/mol. The summed E-state index contributed by atoms with van der Waals surface area (Å²) in [7, 11) is 0. The SMILES string of the molecule is N#CCOc1cccc(NC(=O)C2CCCCC2N)c1. The molecule has 0 spiro atoms. The van der Waals surface area contributed by atoms with Crippen LogP contribution in [0.15, 0.2) is 24.3 Å². The van der Waals surface area contributed by atoms with E-state index in [1.165, 1.54) is 0 Å². The Bertz CT molecular complexity index is 510. The van der Waals surface area contributed by atoms with E-state index in [-0.39, 0.29) is 24.5 Å². The first-order chi connectivity index (χ1) is 9.70. The molecule has 3 N–H and O–H groups in total. The third-order valence-corrected chi connectivity index (χ3v) is 3.56. The zero-order chi connectivity index (χ0) is 14.4. The van der Waals surface area contributed by atoms with E-state index in [0.29, 0.717) is 11.4 Å². The van der Waals surface area contributed by atoms with Gasteiger partial charge in [-0.3, -0.25) is 4.79 Å². The molecule has 1 saturated carbocycles. The molecule has 0 aliphatic heterocycles. The minimum absolute atomic E-state index is 0.00903. The molecule has 2 rings (SSSR count). The number of nitrogens with one attached hydrogen (secondary N) is 1. The summed E-state index contributed by atoms with van der Waals surface area (Å²) in [6, 6.07) is 8.89. The predicted octanol–water partition coefficient (Wildman–Crippen LogP) is 2.04. The van der Waals surface area contributed by atoms with Gasteiger partial charge in [0.05, 0.1) is 5.92 Å². The van der Waals surface area contributed by atoms with Crippen molar-refractivity contribution < 1.29 is 9.53 Å². The first kappa shape index (κ1) is 14.4. The fraction of sp³-hybridized carbons (Fsp3) is 0.467. The minimum Gasteiger partial charge on any atom is -0.479 e. The van der Waals surface area contributed by atoms with Crippen molar-refractivity contribution in [2.45, 2.75) is 31.7 Å². The number of anilines is 1. The standard InChI is InChI=1S/C15H19N3O2/c16-8-9-20-12-5-3-4-11(10-12)18-15(19)13-6-1-2-7-14(13)17/h3-5,10,13-14H,1-2,6-7,9,17H2,(H,18,19). The maximum absolute atomic E-state index is 12.2. The molecule has 5 nitrogen and oxygen atoms in total. The second-order valence-electron chi connectivity index (χ2n) is 5.02. The van der Waals surface area contributed by atoms with Crippen LogP contribution in [-0.2, 0) is 4.79 Å². The number of hydrogen-bond acceptors (Lipinski definition) is 4. The number of carbonyl (C=O) groups excluding carboxylic acids is 1. The highest BCUT2D eigenvalue weighted by Crippen LogP contribution is 2.25. The molecule has 5 heteroatoms. The van der Waals surface area contributed by atoms with Crippen molar-refractivity contribution in [2.75, 3.05) is 11.9 Å². The number of rotatable bonds is 4. The van der Waals surface area contributed by atoms with Gasteiger partial charge in [0.25, 0.3) is 0 Å². The lowest BCUT2D eigenvalue weighted by atomic mass is 9.84. The molecule has 106 valence electrons. The summed E-state index contributed by atoms with van der Waals surface area (Å²) in [4.78, 5) is 12.2. The van der Waals surface area contributed by atoms with Gasteiger partial charge >= 0.3 is 0 Å². The summed E-state index contributed by atoms with van der Waals surface area (Å²) in [5.74, 6) is 0.416. The smallest absolute Gasteiger partial charge is 0.229 e. The molecule has 0 bridgehead atoms. The zero-order valence-electron chi connectivity index (χ0n) is 11.3. The zero-order valence-corrected chi connectivity index (χ0v) is 11.3. The predicted molar refractivity (Wildman–Crippen MR) is 76.1 cm³/mol. The van der Waals surface area contributed by atoms with Gasteiger partial charge < -0.3 is 15.8 Å². The second-order valence-corrected chi connectivity index (χ2v) is 5.02.